The highest BCUT2D eigenvalue weighted by Gasteiger charge is 2.45. The fraction of sp³-hybridized carbons (Fsp3) is 0.857. The number of carbonyl (C=O) groups excluding carboxylic acids is 1. The molecule has 1 aliphatic heterocycles. The van der Waals surface area contributed by atoms with Crippen LogP contribution in [0.4, 0.5) is 0 Å². The minimum absolute atomic E-state index is 0.340. The second-order valence-electron chi connectivity index (χ2n) is 8.29. The van der Waals surface area contributed by atoms with Crippen molar-refractivity contribution in [2.75, 3.05) is 42.2 Å². The Kier molecular flexibility index (Phi) is 12.7. The van der Waals surface area contributed by atoms with Crippen molar-refractivity contribution in [2.24, 2.45) is 5.92 Å². The summed E-state index contributed by atoms with van der Waals surface area (Å²) < 4.78 is 37.4. The molecule has 3 atom stereocenters. The molecule has 8 nitrogen and oxygen atoms in total. The van der Waals surface area contributed by atoms with Crippen LogP contribution in [0.5, 0.6) is 0 Å². The van der Waals surface area contributed by atoms with Gasteiger partial charge in [0.15, 0.2) is 0 Å². The van der Waals surface area contributed by atoms with Gasteiger partial charge in [-0.15, -0.1) is 0 Å². The summed E-state index contributed by atoms with van der Waals surface area (Å²) >= 11 is 0. The predicted octanol–water partition coefficient (Wildman–Crippen LogP) is 3.68. The van der Waals surface area contributed by atoms with Gasteiger partial charge >= 0.3 is 23.3 Å². The summed E-state index contributed by atoms with van der Waals surface area (Å²) in [5, 5.41) is 0. The molecule has 2 aliphatic rings. The largest absolute Gasteiger partial charge is 0.500 e. The molecule has 10 heteroatoms. The summed E-state index contributed by atoms with van der Waals surface area (Å²) in [6.45, 7) is 7.50. The Morgan fingerprint density at radius 1 is 0.968 bits per heavy atom. The third-order valence-electron chi connectivity index (χ3n) is 6.12. The van der Waals surface area contributed by atoms with Crippen LogP contribution in [0.2, 0.25) is 18.6 Å². The van der Waals surface area contributed by atoms with Gasteiger partial charge in [0.05, 0.1) is 18.8 Å². The van der Waals surface area contributed by atoms with Crippen molar-refractivity contribution >= 4 is 23.3 Å². The second-order valence-corrected chi connectivity index (χ2v) is 15.0. The van der Waals surface area contributed by atoms with Crippen LogP contribution in [-0.4, -0.2) is 77.7 Å². The van der Waals surface area contributed by atoms with Gasteiger partial charge in [0.25, 0.3) is 0 Å². The molecule has 1 saturated carbocycles. The lowest BCUT2D eigenvalue weighted by Gasteiger charge is -2.27. The van der Waals surface area contributed by atoms with Crippen LogP contribution in [0.3, 0.4) is 0 Å². The smallest absolute Gasteiger partial charge is 0.462 e. The Bertz CT molecular complexity index is 543. The number of carbonyl (C=O) groups is 1. The van der Waals surface area contributed by atoms with E-state index in [2.05, 4.69) is 6.58 Å². The number of hydrogen-bond donors (Lipinski definition) is 0. The third-order valence-corrected chi connectivity index (χ3v) is 11.9. The van der Waals surface area contributed by atoms with Gasteiger partial charge in [0.1, 0.15) is 0 Å². The van der Waals surface area contributed by atoms with E-state index in [0.717, 1.165) is 30.8 Å². The molecule has 0 aromatic carbocycles. The molecule has 2 fully saturated rings. The standard InChI is InChI=1S/C11H22O4Si.C10H20O4Si/c1-12-16(13-2,14-3)7-6-9-4-5-10-11(8-9)15-10;1-9(2)10(11)14-7-6-8-15(5,12-3)13-4/h9-11H,4-8H2,1-3H3;1,6-8H2,2-5H3. The maximum atomic E-state index is 11.0. The Hall–Kier alpha value is -0.596. The number of fused-ring (bicyclic) bond motifs is 1. The van der Waals surface area contributed by atoms with Crippen molar-refractivity contribution in [1.29, 1.82) is 0 Å². The average Bonchev–Trinajstić information content (AvgIpc) is 3.57. The molecule has 0 spiro atoms. The highest BCUT2D eigenvalue weighted by atomic mass is 28.4. The maximum Gasteiger partial charge on any atom is 0.500 e. The molecule has 0 bridgehead atoms. The quantitative estimate of drug-likeness (QED) is 0.130. The molecule has 0 amide bonds. The number of ether oxygens (including phenoxy) is 2. The monoisotopic (exact) mass is 478 g/mol. The minimum Gasteiger partial charge on any atom is -0.462 e. The van der Waals surface area contributed by atoms with Crippen molar-refractivity contribution in [3.05, 3.63) is 12.2 Å². The Morgan fingerprint density at radius 2 is 1.58 bits per heavy atom. The van der Waals surface area contributed by atoms with E-state index in [1.165, 1.54) is 19.3 Å². The van der Waals surface area contributed by atoms with Gasteiger partial charge in [-0.3, -0.25) is 0 Å². The van der Waals surface area contributed by atoms with E-state index in [-0.39, 0.29) is 5.97 Å². The first-order valence-electron chi connectivity index (χ1n) is 10.9. The predicted molar refractivity (Wildman–Crippen MR) is 123 cm³/mol. The maximum absolute atomic E-state index is 11.0. The molecule has 0 N–H and O–H groups in total. The van der Waals surface area contributed by atoms with Gasteiger partial charge in [-0.25, -0.2) is 4.79 Å². The van der Waals surface area contributed by atoms with E-state index in [9.17, 15) is 4.79 Å². The molecule has 1 aliphatic carbocycles. The van der Waals surface area contributed by atoms with Crippen molar-refractivity contribution in [3.8, 4) is 0 Å². The molecule has 0 aromatic heterocycles. The summed E-state index contributed by atoms with van der Waals surface area (Å²) in [6, 6.07) is 1.72. The Morgan fingerprint density at radius 3 is 2.06 bits per heavy atom. The molecule has 0 radical (unpaired) electrons. The zero-order valence-corrected chi connectivity index (χ0v) is 22.4. The molecule has 1 heterocycles. The molecule has 0 aromatic rings. The number of hydrogen-bond acceptors (Lipinski definition) is 8. The minimum atomic E-state index is -2.35. The van der Waals surface area contributed by atoms with Crippen molar-refractivity contribution < 1.29 is 36.4 Å². The van der Waals surface area contributed by atoms with Crippen LogP contribution >= 0.6 is 0 Å². The summed E-state index contributed by atoms with van der Waals surface area (Å²) in [5.41, 5.74) is 0.425. The molecule has 2 rings (SSSR count). The second kappa shape index (κ2) is 13.8. The number of esters is 1. The zero-order chi connectivity index (χ0) is 23.5. The normalized spacial score (nSPS) is 22.7. The van der Waals surface area contributed by atoms with Crippen molar-refractivity contribution in [3.63, 3.8) is 0 Å². The summed E-state index contributed by atoms with van der Waals surface area (Å²) in [7, 11) is 3.98. The lowest BCUT2D eigenvalue weighted by atomic mass is 9.88. The van der Waals surface area contributed by atoms with E-state index in [1.54, 1.807) is 42.5 Å². The molecule has 182 valence electrons. The fourth-order valence-electron chi connectivity index (χ4n) is 3.65. The van der Waals surface area contributed by atoms with Crippen LogP contribution in [0, 0.1) is 5.92 Å². The molecule has 31 heavy (non-hydrogen) atoms. The lowest BCUT2D eigenvalue weighted by molar-refractivity contribution is -0.138. The van der Waals surface area contributed by atoms with Gasteiger partial charge in [0, 0.05) is 47.2 Å². The third kappa shape index (κ3) is 9.83. The average molecular weight is 479 g/mol. The summed E-state index contributed by atoms with van der Waals surface area (Å²) in [6.07, 6.45) is 6.76. The van der Waals surface area contributed by atoms with Crippen LogP contribution < -0.4 is 0 Å². The van der Waals surface area contributed by atoms with E-state index in [0.29, 0.717) is 24.4 Å². The highest BCUT2D eigenvalue weighted by molar-refractivity contribution is 6.65. The molecular weight excluding hydrogens is 436 g/mol. The number of rotatable bonds is 13. The first-order valence-corrected chi connectivity index (χ1v) is 15.4. The topological polar surface area (TPSA) is 85.0 Å². The van der Waals surface area contributed by atoms with Gasteiger partial charge in [-0.05, 0) is 57.5 Å². The highest BCUT2D eigenvalue weighted by Crippen LogP contribution is 2.41. The fourth-order valence-corrected chi connectivity index (χ4v) is 6.89. The van der Waals surface area contributed by atoms with Crippen molar-refractivity contribution in [2.45, 2.75) is 69.9 Å². The van der Waals surface area contributed by atoms with Crippen LogP contribution in [-0.2, 0) is 36.4 Å². The number of epoxide rings is 1. The van der Waals surface area contributed by atoms with Crippen LogP contribution in [0.15, 0.2) is 12.2 Å². The van der Waals surface area contributed by atoms with Crippen molar-refractivity contribution in [1.82, 2.24) is 0 Å². The summed E-state index contributed by atoms with van der Waals surface area (Å²) in [4.78, 5) is 11.0. The first kappa shape index (κ1) is 28.4. The van der Waals surface area contributed by atoms with Gasteiger partial charge < -0.3 is 31.6 Å². The van der Waals surface area contributed by atoms with E-state index >= 15 is 0 Å². The molecular formula is C21H42O8Si2. The summed E-state index contributed by atoms with van der Waals surface area (Å²) in [5.74, 6) is 0.421. The van der Waals surface area contributed by atoms with Gasteiger partial charge in [-0.1, -0.05) is 6.58 Å². The van der Waals surface area contributed by atoms with Gasteiger partial charge in [0.2, 0.25) is 0 Å². The SMILES string of the molecule is C=C(C)C(=O)OCCC[Si](C)(OC)OC.CO[Si](CCC1CCC2OC2C1)(OC)OC. The molecule has 1 saturated heterocycles. The van der Waals surface area contributed by atoms with Gasteiger partial charge in [-0.2, -0.15) is 0 Å². The Labute approximate surface area is 190 Å². The van der Waals surface area contributed by atoms with E-state index in [4.69, 9.17) is 31.6 Å². The lowest BCUT2D eigenvalue weighted by Crippen LogP contribution is -2.43. The Balaban J connectivity index is 0.000000311. The van der Waals surface area contributed by atoms with Crippen LogP contribution in [0.1, 0.15) is 39.0 Å². The zero-order valence-electron chi connectivity index (χ0n) is 20.4. The van der Waals surface area contributed by atoms with E-state index in [1.807, 2.05) is 6.55 Å². The van der Waals surface area contributed by atoms with E-state index < -0.39 is 17.4 Å². The van der Waals surface area contributed by atoms with Crippen LogP contribution in [0.25, 0.3) is 0 Å². The first-order chi connectivity index (χ1) is 14.7. The molecule has 3 unspecified atom stereocenters.